The van der Waals surface area contributed by atoms with Crippen LogP contribution < -0.4 is 10.6 Å². The van der Waals surface area contributed by atoms with Crippen molar-refractivity contribution in [1.29, 1.82) is 0 Å². The van der Waals surface area contributed by atoms with Crippen LogP contribution in [0, 0.1) is 0 Å². The van der Waals surface area contributed by atoms with Gasteiger partial charge in [-0.05, 0) is 60.0 Å². The Morgan fingerprint density at radius 3 is 2.25 bits per heavy atom. The second-order valence-electron chi connectivity index (χ2n) is 6.41. The Morgan fingerprint density at radius 1 is 0.964 bits per heavy atom. The van der Waals surface area contributed by atoms with Gasteiger partial charge in [0.25, 0.3) is 0 Å². The van der Waals surface area contributed by atoms with E-state index in [1.807, 2.05) is 24.3 Å². The summed E-state index contributed by atoms with van der Waals surface area (Å²) in [6.45, 7) is 1.44. The standard InChI is InChI=1S/C22H20ClN3O2/c1-15(27)25-19-3-2-4-20(14-19)26-22(28)21(13-16-9-11-24-12-10-16)17-5-7-18(23)8-6-17/h2-12,14,21H,13H2,1H3,(H,25,27)(H,26,28). The molecule has 1 atom stereocenters. The van der Waals surface area contributed by atoms with E-state index in [9.17, 15) is 9.59 Å². The van der Waals surface area contributed by atoms with Crippen LogP contribution in [0.2, 0.25) is 5.02 Å². The van der Waals surface area contributed by atoms with Crippen LogP contribution in [0.1, 0.15) is 24.0 Å². The monoisotopic (exact) mass is 393 g/mol. The van der Waals surface area contributed by atoms with Gasteiger partial charge in [0.05, 0.1) is 5.92 Å². The number of carbonyl (C=O) groups excluding carboxylic acids is 2. The van der Waals surface area contributed by atoms with Crippen LogP contribution in [-0.4, -0.2) is 16.8 Å². The number of hydrogen-bond acceptors (Lipinski definition) is 3. The molecule has 1 aromatic heterocycles. The molecule has 0 fully saturated rings. The van der Waals surface area contributed by atoms with E-state index in [0.29, 0.717) is 22.8 Å². The predicted octanol–water partition coefficient (Wildman–Crippen LogP) is 4.66. The summed E-state index contributed by atoms with van der Waals surface area (Å²) in [5.74, 6) is -0.705. The number of halogens is 1. The zero-order chi connectivity index (χ0) is 19.9. The number of benzene rings is 2. The van der Waals surface area contributed by atoms with Crippen LogP contribution in [0.5, 0.6) is 0 Å². The number of aromatic nitrogens is 1. The molecule has 2 N–H and O–H groups in total. The fourth-order valence-corrected chi connectivity index (χ4v) is 3.04. The lowest BCUT2D eigenvalue weighted by atomic mass is 9.91. The summed E-state index contributed by atoms with van der Waals surface area (Å²) in [6.07, 6.45) is 3.95. The fraction of sp³-hybridized carbons (Fsp3) is 0.136. The van der Waals surface area contributed by atoms with Crippen molar-refractivity contribution in [1.82, 2.24) is 4.98 Å². The number of hydrogen-bond donors (Lipinski definition) is 2. The summed E-state index contributed by atoms with van der Waals surface area (Å²) in [7, 11) is 0. The minimum absolute atomic E-state index is 0.140. The molecule has 142 valence electrons. The number of rotatable bonds is 6. The largest absolute Gasteiger partial charge is 0.326 e. The highest BCUT2D eigenvalue weighted by Gasteiger charge is 2.21. The van der Waals surface area contributed by atoms with Gasteiger partial charge in [-0.25, -0.2) is 0 Å². The van der Waals surface area contributed by atoms with Crippen molar-refractivity contribution in [2.75, 3.05) is 10.6 Å². The molecule has 2 amide bonds. The molecular formula is C22H20ClN3O2. The van der Waals surface area contributed by atoms with E-state index in [2.05, 4.69) is 15.6 Å². The first-order valence-electron chi connectivity index (χ1n) is 8.84. The van der Waals surface area contributed by atoms with E-state index in [0.717, 1.165) is 11.1 Å². The van der Waals surface area contributed by atoms with Crippen LogP contribution in [-0.2, 0) is 16.0 Å². The summed E-state index contributed by atoms with van der Waals surface area (Å²) >= 11 is 6.00. The molecule has 0 aliphatic rings. The third-order valence-corrected chi connectivity index (χ3v) is 4.48. The lowest BCUT2D eigenvalue weighted by molar-refractivity contribution is -0.117. The SMILES string of the molecule is CC(=O)Nc1cccc(NC(=O)C(Cc2ccncc2)c2ccc(Cl)cc2)c1. The fourth-order valence-electron chi connectivity index (χ4n) is 2.92. The Hall–Kier alpha value is -3.18. The topological polar surface area (TPSA) is 71.1 Å². The smallest absolute Gasteiger partial charge is 0.232 e. The van der Waals surface area contributed by atoms with E-state index in [-0.39, 0.29) is 11.8 Å². The summed E-state index contributed by atoms with van der Waals surface area (Å²) in [5, 5.41) is 6.28. The van der Waals surface area contributed by atoms with Gasteiger partial charge in [-0.15, -0.1) is 0 Å². The Morgan fingerprint density at radius 2 is 1.61 bits per heavy atom. The zero-order valence-corrected chi connectivity index (χ0v) is 16.1. The summed E-state index contributed by atoms with van der Waals surface area (Å²) in [6, 6.07) is 18.1. The van der Waals surface area contributed by atoms with E-state index in [1.54, 1.807) is 48.8 Å². The number of amides is 2. The Balaban J connectivity index is 1.84. The molecule has 5 nitrogen and oxygen atoms in total. The summed E-state index contributed by atoms with van der Waals surface area (Å²) < 4.78 is 0. The number of carbonyl (C=O) groups is 2. The number of pyridine rings is 1. The Bertz CT molecular complexity index is 959. The van der Waals surface area contributed by atoms with Gasteiger partial charge in [-0.2, -0.15) is 0 Å². The van der Waals surface area contributed by atoms with E-state index in [1.165, 1.54) is 6.92 Å². The normalized spacial score (nSPS) is 11.5. The Kier molecular flexibility index (Phi) is 6.40. The van der Waals surface area contributed by atoms with Gasteiger partial charge in [0, 0.05) is 35.7 Å². The lowest BCUT2D eigenvalue weighted by Gasteiger charge is -2.18. The molecule has 3 rings (SSSR count). The minimum Gasteiger partial charge on any atom is -0.326 e. The molecule has 0 spiro atoms. The molecule has 0 aliphatic heterocycles. The molecule has 1 heterocycles. The first-order chi connectivity index (χ1) is 13.5. The number of nitrogens with zero attached hydrogens (tertiary/aromatic N) is 1. The van der Waals surface area contributed by atoms with Crippen LogP contribution >= 0.6 is 11.6 Å². The van der Waals surface area contributed by atoms with Crippen LogP contribution in [0.4, 0.5) is 11.4 Å². The highest BCUT2D eigenvalue weighted by molar-refractivity contribution is 6.30. The van der Waals surface area contributed by atoms with Crippen molar-refractivity contribution in [3.8, 4) is 0 Å². The first-order valence-corrected chi connectivity index (χ1v) is 9.22. The third-order valence-electron chi connectivity index (χ3n) is 4.23. The highest BCUT2D eigenvalue weighted by atomic mass is 35.5. The van der Waals surface area contributed by atoms with Gasteiger partial charge in [-0.1, -0.05) is 29.8 Å². The lowest BCUT2D eigenvalue weighted by Crippen LogP contribution is -2.23. The van der Waals surface area contributed by atoms with Gasteiger partial charge < -0.3 is 10.6 Å². The van der Waals surface area contributed by atoms with Crippen molar-refractivity contribution >= 4 is 34.8 Å². The van der Waals surface area contributed by atoms with Crippen LogP contribution in [0.25, 0.3) is 0 Å². The molecule has 1 unspecified atom stereocenters. The average molecular weight is 394 g/mol. The van der Waals surface area contributed by atoms with Crippen molar-refractivity contribution in [2.24, 2.45) is 0 Å². The third kappa shape index (κ3) is 5.41. The maximum Gasteiger partial charge on any atom is 0.232 e. The van der Waals surface area contributed by atoms with E-state index >= 15 is 0 Å². The molecule has 2 aromatic carbocycles. The molecule has 0 aliphatic carbocycles. The van der Waals surface area contributed by atoms with Crippen molar-refractivity contribution < 1.29 is 9.59 Å². The predicted molar refractivity (Wildman–Crippen MR) is 112 cm³/mol. The zero-order valence-electron chi connectivity index (χ0n) is 15.4. The molecule has 0 bridgehead atoms. The minimum atomic E-state index is -0.399. The average Bonchev–Trinajstić information content (AvgIpc) is 2.67. The Labute approximate surface area is 168 Å². The molecule has 0 saturated heterocycles. The van der Waals surface area contributed by atoms with Crippen molar-refractivity contribution in [3.63, 3.8) is 0 Å². The van der Waals surface area contributed by atoms with Gasteiger partial charge in [-0.3, -0.25) is 14.6 Å². The maximum absolute atomic E-state index is 13.1. The van der Waals surface area contributed by atoms with E-state index < -0.39 is 5.92 Å². The molecule has 0 radical (unpaired) electrons. The van der Waals surface area contributed by atoms with E-state index in [4.69, 9.17) is 11.6 Å². The maximum atomic E-state index is 13.1. The van der Waals surface area contributed by atoms with Crippen molar-refractivity contribution in [2.45, 2.75) is 19.3 Å². The number of nitrogens with one attached hydrogen (secondary N) is 2. The quantitative estimate of drug-likeness (QED) is 0.639. The van der Waals surface area contributed by atoms with Gasteiger partial charge in [0.2, 0.25) is 11.8 Å². The second kappa shape index (κ2) is 9.15. The van der Waals surface area contributed by atoms with Gasteiger partial charge in [0.1, 0.15) is 0 Å². The molecule has 0 saturated carbocycles. The van der Waals surface area contributed by atoms with Gasteiger partial charge >= 0.3 is 0 Å². The molecule has 28 heavy (non-hydrogen) atoms. The molecular weight excluding hydrogens is 374 g/mol. The number of anilines is 2. The molecule has 3 aromatic rings. The first kappa shape index (κ1) is 19.6. The second-order valence-corrected chi connectivity index (χ2v) is 6.85. The van der Waals surface area contributed by atoms with Crippen LogP contribution in [0.15, 0.2) is 73.1 Å². The summed E-state index contributed by atoms with van der Waals surface area (Å²) in [5.41, 5.74) is 3.13. The summed E-state index contributed by atoms with van der Waals surface area (Å²) in [4.78, 5) is 28.4. The van der Waals surface area contributed by atoms with Gasteiger partial charge in [0.15, 0.2) is 0 Å². The molecule has 6 heteroatoms. The highest BCUT2D eigenvalue weighted by Crippen LogP contribution is 2.25. The van der Waals surface area contributed by atoms with Crippen molar-refractivity contribution in [3.05, 3.63) is 89.2 Å². The van der Waals surface area contributed by atoms with Crippen LogP contribution in [0.3, 0.4) is 0 Å².